The number of rotatable bonds is 12. The van der Waals surface area contributed by atoms with Gasteiger partial charge in [0, 0.05) is 68.7 Å². The molecule has 14 nitrogen and oxygen atoms in total. The highest BCUT2D eigenvalue weighted by atomic mass is 16.5. The van der Waals surface area contributed by atoms with E-state index in [2.05, 4.69) is 25.9 Å². The second-order valence-electron chi connectivity index (χ2n) is 13.5. The third kappa shape index (κ3) is 8.28. The fraction of sp³-hybridized carbons (Fsp3) is 0.268. The molecule has 1 saturated heterocycles. The molecule has 1 atom stereocenters. The van der Waals surface area contributed by atoms with Gasteiger partial charge in [0.1, 0.15) is 5.69 Å². The quantitative estimate of drug-likeness (QED) is 0.124. The van der Waals surface area contributed by atoms with Crippen LogP contribution in [0.15, 0.2) is 90.2 Å². The molecule has 14 heteroatoms. The zero-order valence-electron chi connectivity index (χ0n) is 30.9. The largest absolute Gasteiger partial charge is 0.493 e. The SMILES string of the molecule is COc1cc2c(cc1OCCCC(=O)Nc1cc(C(=O)Nc3ccc(-c4cn(C)c(C(=O)Nc5ccccc5)n4)cc3)n(C)c1)N=C[C@@H]1CCCCN1C2=O. The molecule has 0 saturated carbocycles. The molecule has 0 unspecified atom stereocenters. The molecule has 0 radical (unpaired) electrons. The number of carbonyl (C=O) groups excluding carboxylic acids is 4. The molecule has 2 aliphatic rings. The van der Waals surface area contributed by atoms with E-state index in [1.54, 1.807) is 78.1 Å². The number of ether oxygens (including phenoxy) is 2. The third-order valence-electron chi connectivity index (χ3n) is 9.58. The van der Waals surface area contributed by atoms with Crippen molar-refractivity contribution in [2.45, 2.75) is 38.1 Å². The summed E-state index contributed by atoms with van der Waals surface area (Å²) in [7, 11) is 5.01. The van der Waals surface area contributed by atoms with E-state index in [0.29, 0.717) is 64.2 Å². The first kappa shape index (κ1) is 36.6. The van der Waals surface area contributed by atoms with Gasteiger partial charge in [0.05, 0.1) is 42.4 Å². The Labute approximate surface area is 318 Å². The lowest BCUT2D eigenvalue weighted by molar-refractivity contribution is -0.116. The topological polar surface area (TPSA) is 161 Å². The minimum Gasteiger partial charge on any atom is -0.493 e. The molecule has 2 aromatic heterocycles. The molecular weight excluding hydrogens is 701 g/mol. The van der Waals surface area contributed by atoms with Crippen LogP contribution in [-0.2, 0) is 18.9 Å². The first-order valence-electron chi connectivity index (χ1n) is 18.1. The number of methoxy groups -OCH3 is 1. The van der Waals surface area contributed by atoms with Gasteiger partial charge in [0.15, 0.2) is 17.3 Å². The number of aromatic nitrogens is 3. The predicted octanol–water partition coefficient (Wildman–Crippen LogP) is 6.45. The molecular formula is C41H42N8O6. The molecule has 3 N–H and O–H groups in total. The standard InChI is InChI=1S/C41H42N8O6/c1-47-24-29(43-37(50)13-9-19-55-36-22-32-31(21-35(36)54-3)41(53)49-18-8-7-12-30(49)23-42-32)20-34(47)39(51)44-28-16-14-26(15-17-28)33-25-48(2)38(46-33)40(52)45-27-10-5-4-6-11-27/h4-6,10-11,14-17,20-25,30H,7-9,12-13,18-19H2,1-3H3,(H,43,50)(H,44,51)(H,45,52)/t30-/m0/s1. The Hall–Kier alpha value is -6.70. The Morgan fingerprint density at radius 1 is 0.836 bits per heavy atom. The predicted molar refractivity (Wildman–Crippen MR) is 210 cm³/mol. The highest BCUT2D eigenvalue weighted by Gasteiger charge is 2.31. The Bertz CT molecular complexity index is 2260. The smallest absolute Gasteiger partial charge is 0.291 e. The minimum absolute atomic E-state index is 0.00703. The number of amides is 4. The molecule has 5 aromatic rings. The highest BCUT2D eigenvalue weighted by Crippen LogP contribution is 2.38. The fourth-order valence-electron chi connectivity index (χ4n) is 6.73. The maximum Gasteiger partial charge on any atom is 0.291 e. The van der Waals surface area contributed by atoms with Crippen molar-refractivity contribution >= 4 is 52.6 Å². The molecule has 4 amide bonds. The van der Waals surface area contributed by atoms with E-state index in [4.69, 9.17) is 9.47 Å². The van der Waals surface area contributed by atoms with Gasteiger partial charge in [-0.2, -0.15) is 0 Å². The van der Waals surface area contributed by atoms with E-state index in [1.165, 1.54) is 7.11 Å². The van der Waals surface area contributed by atoms with Gasteiger partial charge in [-0.25, -0.2) is 4.98 Å². The summed E-state index contributed by atoms with van der Waals surface area (Å²) < 4.78 is 14.8. The lowest BCUT2D eigenvalue weighted by atomic mass is 10.0. The van der Waals surface area contributed by atoms with Crippen LogP contribution in [0.25, 0.3) is 11.3 Å². The number of carbonyl (C=O) groups is 4. The Balaban J connectivity index is 0.900. The van der Waals surface area contributed by atoms with Gasteiger partial charge in [-0.05, 0) is 62.1 Å². The summed E-state index contributed by atoms with van der Waals surface area (Å²) >= 11 is 0. The van der Waals surface area contributed by atoms with E-state index >= 15 is 0 Å². The normalized spacial score (nSPS) is 14.7. The van der Waals surface area contributed by atoms with Crippen LogP contribution in [0.2, 0.25) is 0 Å². The van der Waals surface area contributed by atoms with Gasteiger partial charge in [-0.15, -0.1) is 0 Å². The average molecular weight is 743 g/mol. The number of piperidine rings is 1. The minimum atomic E-state index is -0.349. The highest BCUT2D eigenvalue weighted by molar-refractivity contribution is 6.05. The van der Waals surface area contributed by atoms with Crippen molar-refractivity contribution in [2.75, 3.05) is 36.2 Å². The number of benzene rings is 3. The molecule has 55 heavy (non-hydrogen) atoms. The number of anilines is 3. The van der Waals surface area contributed by atoms with Gasteiger partial charge < -0.3 is 39.5 Å². The number of nitrogens with zero attached hydrogens (tertiary/aromatic N) is 5. The molecule has 0 bridgehead atoms. The second kappa shape index (κ2) is 16.1. The molecule has 7 rings (SSSR count). The van der Waals surface area contributed by atoms with Gasteiger partial charge in [-0.3, -0.25) is 24.2 Å². The van der Waals surface area contributed by atoms with Crippen LogP contribution in [-0.4, -0.2) is 75.2 Å². The van der Waals surface area contributed by atoms with Crippen LogP contribution in [0.5, 0.6) is 11.5 Å². The van der Waals surface area contributed by atoms with Gasteiger partial charge >= 0.3 is 0 Å². The number of fused-ring (bicyclic) bond motifs is 2. The first-order chi connectivity index (χ1) is 26.7. The Morgan fingerprint density at radius 2 is 1.60 bits per heavy atom. The average Bonchev–Trinajstić information content (AvgIpc) is 3.73. The number of hydrogen-bond acceptors (Lipinski definition) is 8. The lowest BCUT2D eigenvalue weighted by Gasteiger charge is -2.32. The van der Waals surface area contributed by atoms with Crippen LogP contribution in [0.3, 0.4) is 0 Å². The van der Waals surface area contributed by atoms with Crippen LogP contribution in [0.4, 0.5) is 22.7 Å². The summed E-state index contributed by atoms with van der Waals surface area (Å²) in [5.41, 5.74) is 4.51. The van der Waals surface area contributed by atoms with Crippen molar-refractivity contribution < 1.29 is 28.7 Å². The summed E-state index contributed by atoms with van der Waals surface area (Å²) in [6.07, 6.45) is 8.83. The number of nitrogens with one attached hydrogen (secondary N) is 3. The van der Waals surface area contributed by atoms with E-state index in [-0.39, 0.29) is 48.5 Å². The maximum atomic E-state index is 13.3. The molecule has 1 fully saturated rings. The van der Waals surface area contributed by atoms with E-state index in [0.717, 1.165) is 24.8 Å². The molecule has 2 aliphatic heterocycles. The second-order valence-corrected chi connectivity index (χ2v) is 13.5. The van der Waals surface area contributed by atoms with Crippen molar-refractivity contribution in [1.29, 1.82) is 0 Å². The fourth-order valence-corrected chi connectivity index (χ4v) is 6.73. The molecule has 3 aromatic carbocycles. The van der Waals surface area contributed by atoms with Crippen molar-refractivity contribution in [3.63, 3.8) is 0 Å². The zero-order chi connectivity index (χ0) is 38.5. The molecule has 4 heterocycles. The van der Waals surface area contributed by atoms with E-state index in [1.807, 2.05) is 41.4 Å². The van der Waals surface area contributed by atoms with Crippen LogP contribution < -0.4 is 25.4 Å². The van der Waals surface area contributed by atoms with E-state index in [9.17, 15) is 19.2 Å². The maximum absolute atomic E-state index is 13.3. The molecule has 282 valence electrons. The summed E-state index contributed by atoms with van der Waals surface area (Å²) in [6, 6.07) is 21.3. The third-order valence-corrected chi connectivity index (χ3v) is 9.58. The first-order valence-corrected chi connectivity index (χ1v) is 18.1. The van der Waals surface area contributed by atoms with Crippen molar-refractivity contribution in [3.05, 3.63) is 102 Å². The number of hydrogen-bond donors (Lipinski definition) is 3. The number of para-hydroxylation sites is 1. The lowest BCUT2D eigenvalue weighted by Crippen LogP contribution is -2.43. The summed E-state index contributed by atoms with van der Waals surface area (Å²) in [4.78, 5) is 63.1. The van der Waals surface area contributed by atoms with Crippen molar-refractivity contribution in [2.24, 2.45) is 19.1 Å². The van der Waals surface area contributed by atoms with Crippen molar-refractivity contribution in [1.82, 2.24) is 19.0 Å². The van der Waals surface area contributed by atoms with Crippen LogP contribution in [0.1, 0.15) is 63.6 Å². The summed E-state index contributed by atoms with van der Waals surface area (Å²) in [5.74, 6) is 0.197. The Morgan fingerprint density at radius 3 is 2.38 bits per heavy atom. The molecule has 0 spiro atoms. The van der Waals surface area contributed by atoms with Gasteiger partial charge in [-0.1, -0.05) is 30.3 Å². The van der Waals surface area contributed by atoms with Crippen molar-refractivity contribution in [3.8, 4) is 22.8 Å². The van der Waals surface area contributed by atoms with Crippen LogP contribution in [0, 0.1) is 0 Å². The van der Waals surface area contributed by atoms with Gasteiger partial charge in [0.2, 0.25) is 5.91 Å². The number of aliphatic imine (C=N–C) groups is 1. The van der Waals surface area contributed by atoms with Crippen LogP contribution >= 0.6 is 0 Å². The molecule has 0 aliphatic carbocycles. The monoisotopic (exact) mass is 742 g/mol. The zero-order valence-corrected chi connectivity index (χ0v) is 30.9. The number of aryl methyl sites for hydroxylation is 2. The van der Waals surface area contributed by atoms with E-state index < -0.39 is 0 Å². The number of imidazole rings is 1. The Kier molecular flexibility index (Phi) is 10.7. The summed E-state index contributed by atoms with van der Waals surface area (Å²) in [5, 5.41) is 8.59. The van der Waals surface area contributed by atoms with Gasteiger partial charge in [0.25, 0.3) is 17.7 Å². The summed E-state index contributed by atoms with van der Waals surface area (Å²) in [6.45, 7) is 0.945.